The summed E-state index contributed by atoms with van der Waals surface area (Å²) in [5.41, 5.74) is 1.25. The molecule has 1 amide bonds. The highest BCUT2D eigenvalue weighted by Gasteiger charge is 2.26. The van der Waals surface area contributed by atoms with Gasteiger partial charge in [0.1, 0.15) is 0 Å². The van der Waals surface area contributed by atoms with E-state index in [1.807, 2.05) is 29.4 Å². The lowest BCUT2D eigenvalue weighted by molar-refractivity contribution is -0.127. The third kappa shape index (κ3) is 2.29. The molecule has 1 unspecified atom stereocenters. The molecule has 0 aliphatic carbocycles. The van der Waals surface area contributed by atoms with Crippen molar-refractivity contribution < 1.29 is 4.79 Å². The molecule has 0 saturated carbocycles. The minimum Gasteiger partial charge on any atom is -0.367 e. The molecule has 2 rings (SSSR count). The number of aromatic amines is 1. The molecular weight excluding hydrogens is 188 g/mol. The molecule has 1 N–H and O–H groups in total. The van der Waals surface area contributed by atoms with Crippen molar-refractivity contribution in [1.29, 1.82) is 0 Å². The van der Waals surface area contributed by atoms with Gasteiger partial charge in [0.25, 0.3) is 0 Å². The first-order valence-electron chi connectivity index (χ1n) is 5.31. The second kappa shape index (κ2) is 4.34. The van der Waals surface area contributed by atoms with Crippen molar-refractivity contribution in [3.63, 3.8) is 0 Å². The Morgan fingerprint density at radius 3 is 3.13 bits per heavy atom. The summed E-state index contributed by atoms with van der Waals surface area (Å²) in [5.74, 6) is 0.610. The summed E-state index contributed by atoms with van der Waals surface area (Å²) >= 11 is 0. The fraction of sp³-hybridized carbons (Fsp3) is 0.417. The molecule has 1 saturated heterocycles. The van der Waals surface area contributed by atoms with Gasteiger partial charge in [-0.3, -0.25) is 4.79 Å². The summed E-state index contributed by atoms with van der Waals surface area (Å²) in [6.07, 6.45) is 7.34. The van der Waals surface area contributed by atoms with E-state index in [0.717, 1.165) is 19.5 Å². The van der Waals surface area contributed by atoms with Gasteiger partial charge >= 0.3 is 0 Å². The van der Waals surface area contributed by atoms with Crippen molar-refractivity contribution in [1.82, 2.24) is 9.88 Å². The number of rotatable bonds is 4. The van der Waals surface area contributed by atoms with Crippen LogP contribution in [0.3, 0.4) is 0 Å². The Bertz CT molecular complexity index is 343. The van der Waals surface area contributed by atoms with Gasteiger partial charge in [-0.2, -0.15) is 0 Å². The van der Waals surface area contributed by atoms with Crippen LogP contribution in [-0.4, -0.2) is 28.9 Å². The maximum Gasteiger partial charge on any atom is 0.223 e. The first-order valence-corrected chi connectivity index (χ1v) is 5.31. The smallest absolute Gasteiger partial charge is 0.223 e. The molecule has 1 aliphatic heterocycles. The van der Waals surface area contributed by atoms with Gasteiger partial charge in [0, 0.05) is 37.8 Å². The maximum atomic E-state index is 11.6. The number of aromatic nitrogens is 1. The predicted molar refractivity (Wildman–Crippen MR) is 59.4 cm³/mol. The van der Waals surface area contributed by atoms with Crippen LogP contribution in [0.25, 0.3) is 0 Å². The van der Waals surface area contributed by atoms with E-state index in [2.05, 4.69) is 11.6 Å². The number of carbonyl (C=O) groups is 1. The molecule has 2 heterocycles. The van der Waals surface area contributed by atoms with E-state index in [1.54, 1.807) is 0 Å². The van der Waals surface area contributed by atoms with Crippen LogP contribution in [0.1, 0.15) is 12.0 Å². The summed E-state index contributed by atoms with van der Waals surface area (Å²) in [7, 11) is 0. The van der Waals surface area contributed by atoms with E-state index in [0.29, 0.717) is 12.3 Å². The quantitative estimate of drug-likeness (QED) is 0.743. The number of likely N-dealkylation sites (tertiary alicyclic amines) is 1. The van der Waals surface area contributed by atoms with Crippen molar-refractivity contribution in [2.45, 2.75) is 12.8 Å². The molecule has 1 aliphatic rings. The fourth-order valence-electron chi connectivity index (χ4n) is 1.95. The van der Waals surface area contributed by atoms with Crippen molar-refractivity contribution in [2.75, 3.05) is 13.1 Å². The Morgan fingerprint density at radius 2 is 2.53 bits per heavy atom. The van der Waals surface area contributed by atoms with Crippen molar-refractivity contribution in [2.24, 2.45) is 5.92 Å². The number of H-pyrrole nitrogens is 1. The summed E-state index contributed by atoms with van der Waals surface area (Å²) in [6.45, 7) is 5.40. The van der Waals surface area contributed by atoms with Crippen molar-refractivity contribution in [3.05, 3.63) is 36.7 Å². The highest BCUT2D eigenvalue weighted by molar-refractivity contribution is 5.78. The standard InChI is InChI=1S/C12H16N2O/c1-2-10-7-12(15)14(9-10)6-4-11-3-5-13-8-11/h2-3,5,8,10,13H,1,4,6-7,9H2. The molecule has 0 aromatic carbocycles. The van der Waals surface area contributed by atoms with Crippen LogP contribution in [0.4, 0.5) is 0 Å². The summed E-state index contributed by atoms with van der Waals surface area (Å²) in [5, 5.41) is 0. The molecule has 3 nitrogen and oxygen atoms in total. The van der Waals surface area contributed by atoms with Gasteiger partial charge in [-0.05, 0) is 18.1 Å². The molecule has 0 radical (unpaired) electrons. The Hall–Kier alpha value is -1.51. The minimum absolute atomic E-state index is 0.260. The average molecular weight is 204 g/mol. The van der Waals surface area contributed by atoms with E-state index in [4.69, 9.17) is 0 Å². The zero-order chi connectivity index (χ0) is 10.7. The second-order valence-corrected chi connectivity index (χ2v) is 4.01. The van der Waals surface area contributed by atoms with Crippen molar-refractivity contribution >= 4 is 5.91 Å². The van der Waals surface area contributed by atoms with E-state index in [-0.39, 0.29) is 5.91 Å². The number of amides is 1. The number of nitrogens with zero attached hydrogens (tertiary/aromatic N) is 1. The van der Waals surface area contributed by atoms with Gasteiger partial charge in [0.15, 0.2) is 0 Å². The summed E-state index contributed by atoms with van der Waals surface area (Å²) in [4.78, 5) is 16.5. The highest BCUT2D eigenvalue weighted by atomic mass is 16.2. The molecule has 3 heteroatoms. The van der Waals surface area contributed by atoms with Gasteiger partial charge in [-0.1, -0.05) is 6.08 Å². The van der Waals surface area contributed by atoms with Crippen LogP contribution in [-0.2, 0) is 11.2 Å². The lowest BCUT2D eigenvalue weighted by Gasteiger charge is -2.15. The molecular formula is C12H16N2O. The van der Waals surface area contributed by atoms with Gasteiger partial charge in [0.05, 0.1) is 0 Å². The molecule has 0 bridgehead atoms. The predicted octanol–water partition coefficient (Wildman–Crippen LogP) is 1.59. The molecule has 1 aromatic heterocycles. The van der Waals surface area contributed by atoms with E-state index < -0.39 is 0 Å². The normalized spacial score (nSPS) is 20.9. The van der Waals surface area contributed by atoms with Crippen LogP contribution >= 0.6 is 0 Å². The van der Waals surface area contributed by atoms with E-state index >= 15 is 0 Å². The van der Waals surface area contributed by atoms with E-state index in [9.17, 15) is 4.79 Å². The van der Waals surface area contributed by atoms with Gasteiger partial charge < -0.3 is 9.88 Å². The Kier molecular flexibility index (Phi) is 2.90. The number of nitrogens with one attached hydrogen (secondary N) is 1. The molecule has 15 heavy (non-hydrogen) atoms. The number of hydrogen-bond donors (Lipinski definition) is 1. The van der Waals surface area contributed by atoms with Gasteiger partial charge in [-0.25, -0.2) is 0 Å². The van der Waals surface area contributed by atoms with Crippen molar-refractivity contribution in [3.8, 4) is 0 Å². The monoisotopic (exact) mass is 204 g/mol. The lowest BCUT2D eigenvalue weighted by Crippen LogP contribution is -2.27. The molecule has 1 fully saturated rings. The van der Waals surface area contributed by atoms with Crippen LogP contribution < -0.4 is 0 Å². The first kappa shape index (κ1) is 10.0. The molecule has 1 aromatic rings. The Morgan fingerprint density at radius 1 is 1.67 bits per heavy atom. The summed E-state index contributed by atoms with van der Waals surface area (Å²) in [6, 6.07) is 2.05. The minimum atomic E-state index is 0.260. The molecule has 0 spiro atoms. The number of hydrogen-bond acceptors (Lipinski definition) is 1. The average Bonchev–Trinajstić information content (AvgIpc) is 2.84. The van der Waals surface area contributed by atoms with E-state index in [1.165, 1.54) is 5.56 Å². The third-order valence-electron chi connectivity index (χ3n) is 2.91. The largest absolute Gasteiger partial charge is 0.367 e. The fourth-order valence-corrected chi connectivity index (χ4v) is 1.95. The SMILES string of the molecule is C=CC1CC(=O)N(CCc2cc[nH]c2)C1. The second-order valence-electron chi connectivity index (χ2n) is 4.01. The third-order valence-corrected chi connectivity index (χ3v) is 2.91. The Labute approximate surface area is 89.8 Å². The zero-order valence-corrected chi connectivity index (χ0v) is 8.78. The zero-order valence-electron chi connectivity index (χ0n) is 8.78. The first-order chi connectivity index (χ1) is 7.29. The summed E-state index contributed by atoms with van der Waals surface area (Å²) < 4.78 is 0. The number of carbonyl (C=O) groups excluding carboxylic acids is 1. The Balaban J connectivity index is 1.85. The van der Waals surface area contributed by atoms with Crippen LogP contribution in [0.15, 0.2) is 31.1 Å². The van der Waals surface area contributed by atoms with Crippen LogP contribution in [0.5, 0.6) is 0 Å². The van der Waals surface area contributed by atoms with Crippen LogP contribution in [0.2, 0.25) is 0 Å². The topological polar surface area (TPSA) is 36.1 Å². The highest BCUT2D eigenvalue weighted by Crippen LogP contribution is 2.18. The van der Waals surface area contributed by atoms with Crippen LogP contribution in [0, 0.1) is 5.92 Å². The lowest BCUT2D eigenvalue weighted by atomic mass is 10.1. The molecule has 1 atom stereocenters. The van der Waals surface area contributed by atoms with Gasteiger partial charge in [0.2, 0.25) is 5.91 Å². The molecule has 80 valence electrons. The van der Waals surface area contributed by atoms with Gasteiger partial charge in [-0.15, -0.1) is 6.58 Å². The maximum absolute atomic E-state index is 11.6.